The van der Waals surface area contributed by atoms with Crippen molar-refractivity contribution in [3.63, 3.8) is 0 Å². The molecule has 0 saturated carbocycles. The van der Waals surface area contributed by atoms with E-state index in [1.165, 1.54) is 6.33 Å². The third kappa shape index (κ3) is 1.76. The number of rotatable bonds is 1. The van der Waals surface area contributed by atoms with Gasteiger partial charge in [-0.25, -0.2) is 9.97 Å². The number of hydrogen-bond acceptors (Lipinski definition) is 3. The summed E-state index contributed by atoms with van der Waals surface area (Å²) in [5.74, 6) is 0. The zero-order valence-electron chi connectivity index (χ0n) is 9.13. The van der Waals surface area contributed by atoms with E-state index in [4.69, 9.17) is 11.6 Å². The average molecular weight is 245 g/mol. The fourth-order valence-corrected chi connectivity index (χ4v) is 2.08. The van der Waals surface area contributed by atoms with Crippen molar-refractivity contribution in [1.29, 1.82) is 0 Å². The van der Waals surface area contributed by atoms with Gasteiger partial charge in [-0.2, -0.15) is 5.10 Å². The zero-order chi connectivity index (χ0) is 11.8. The summed E-state index contributed by atoms with van der Waals surface area (Å²) in [4.78, 5) is 8.16. The van der Waals surface area contributed by atoms with Crippen LogP contribution in [0.15, 0.2) is 36.9 Å². The fraction of sp³-hybridized carbons (Fsp3) is 0.0833. The van der Waals surface area contributed by atoms with Crippen LogP contribution in [0.4, 0.5) is 0 Å². The molecule has 5 heteroatoms. The molecule has 0 unspecified atom stereocenters. The van der Waals surface area contributed by atoms with Gasteiger partial charge in [-0.1, -0.05) is 11.6 Å². The van der Waals surface area contributed by atoms with Crippen LogP contribution in [-0.2, 0) is 7.05 Å². The first kappa shape index (κ1) is 10.2. The first-order valence-electron chi connectivity index (χ1n) is 5.13. The summed E-state index contributed by atoms with van der Waals surface area (Å²) in [6.45, 7) is 0. The van der Waals surface area contributed by atoms with Crippen molar-refractivity contribution < 1.29 is 0 Å². The third-order valence-electron chi connectivity index (χ3n) is 2.56. The Bertz CT molecular complexity index is 676. The molecule has 17 heavy (non-hydrogen) atoms. The summed E-state index contributed by atoms with van der Waals surface area (Å²) in [7, 11) is 1.89. The average Bonchev–Trinajstić information content (AvgIpc) is 2.69. The van der Waals surface area contributed by atoms with Crippen molar-refractivity contribution in [2.24, 2.45) is 7.05 Å². The maximum Gasteiger partial charge on any atom is 0.116 e. The normalized spacial score (nSPS) is 10.9. The molecular formula is C12H9ClN4. The molecule has 0 radical (unpaired) electrons. The highest BCUT2D eigenvalue weighted by Gasteiger charge is 2.09. The molecule has 2 heterocycles. The number of benzene rings is 1. The first-order valence-corrected chi connectivity index (χ1v) is 5.51. The van der Waals surface area contributed by atoms with Gasteiger partial charge in [0.05, 0.1) is 11.2 Å². The molecule has 0 fully saturated rings. The SMILES string of the molecule is Cn1cc2c(-c3ccncn3)cc(Cl)cc2n1. The molecule has 0 aliphatic rings. The third-order valence-corrected chi connectivity index (χ3v) is 2.78. The number of fused-ring (bicyclic) bond motifs is 1. The van der Waals surface area contributed by atoms with Crippen LogP contribution in [0.5, 0.6) is 0 Å². The highest BCUT2D eigenvalue weighted by molar-refractivity contribution is 6.31. The van der Waals surface area contributed by atoms with Crippen molar-refractivity contribution in [2.45, 2.75) is 0 Å². The number of hydrogen-bond donors (Lipinski definition) is 0. The molecule has 0 amide bonds. The minimum atomic E-state index is 0.657. The molecular weight excluding hydrogens is 236 g/mol. The predicted octanol–water partition coefficient (Wildman–Crippen LogP) is 2.68. The van der Waals surface area contributed by atoms with E-state index in [1.807, 2.05) is 31.4 Å². The zero-order valence-corrected chi connectivity index (χ0v) is 9.89. The topological polar surface area (TPSA) is 43.6 Å². The summed E-state index contributed by atoms with van der Waals surface area (Å²) in [5, 5.41) is 6.04. The number of aromatic nitrogens is 4. The van der Waals surface area contributed by atoms with E-state index in [0.29, 0.717) is 5.02 Å². The van der Waals surface area contributed by atoms with Gasteiger partial charge < -0.3 is 0 Å². The van der Waals surface area contributed by atoms with Crippen molar-refractivity contribution in [3.05, 3.63) is 41.9 Å². The van der Waals surface area contributed by atoms with Gasteiger partial charge >= 0.3 is 0 Å². The van der Waals surface area contributed by atoms with Gasteiger partial charge in [0, 0.05) is 35.4 Å². The van der Waals surface area contributed by atoms with Crippen molar-refractivity contribution in [1.82, 2.24) is 19.7 Å². The lowest BCUT2D eigenvalue weighted by atomic mass is 10.1. The van der Waals surface area contributed by atoms with Crippen LogP contribution in [0.25, 0.3) is 22.2 Å². The van der Waals surface area contributed by atoms with Crippen LogP contribution >= 0.6 is 11.6 Å². The van der Waals surface area contributed by atoms with Gasteiger partial charge in [-0.15, -0.1) is 0 Å². The molecule has 2 aromatic heterocycles. The maximum atomic E-state index is 6.09. The number of aryl methyl sites for hydroxylation is 1. The van der Waals surface area contributed by atoms with Gasteiger partial charge in [-0.05, 0) is 18.2 Å². The Balaban J connectivity index is 2.35. The Kier molecular flexibility index (Phi) is 2.30. The summed E-state index contributed by atoms with van der Waals surface area (Å²) >= 11 is 6.09. The fourth-order valence-electron chi connectivity index (χ4n) is 1.87. The second-order valence-electron chi connectivity index (χ2n) is 3.78. The smallest absolute Gasteiger partial charge is 0.116 e. The van der Waals surface area contributed by atoms with Crippen LogP contribution < -0.4 is 0 Å². The maximum absolute atomic E-state index is 6.09. The van der Waals surface area contributed by atoms with E-state index in [2.05, 4.69) is 15.1 Å². The van der Waals surface area contributed by atoms with Crippen molar-refractivity contribution in [2.75, 3.05) is 0 Å². The van der Waals surface area contributed by atoms with Crippen molar-refractivity contribution >= 4 is 22.5 Å². The van der Waals surface area contributed by atoms with E-state index in [0.717, 1.165) is 22.2 Å². The summed E-state index contributed by atoms with van der Waals surface area (Å²) in [6.07, 6.45) is 5.20. The van der Waals surface area contributed by atoms with E-state index >= 15 is 0 Å². The standard InChI is InChI=1S/C12H9ClN4/c1-17-6-10-9(11-2-3-14-7-15-11)4-8(13)5-12(10)16-17/h2-7H,1H3. The first-order chi connectivity index (χ1) is 8.24. The Morgan fingerprint density at radius 2 is 2.18 bits per heavy atom. The second-order valence-corrected chi connectivity index (χ2v) is 4.22. The quantitative estimate of drug-likeness (QED) is 0.661. The Morgan fingerprint density at radius 3 is 2.94 bits per heavy atom. The lowest BCUT2D eigenvalue weighted by Crippen LogP contribution is -1.85. The highest BCUT2D eigenvalue weighted by atomic mass is 35.5. The molecule has 0 N–H and O–H groups in total. The molecule has 0 bridgehead atoms. The Labute approximate surface area is 103 Å². The van der Waals surface area contributed by atoms with E-state index in [-0.39, 0.29) is 0 Å². The molecule has 4 nitrogen and oxygen atoms in total. The van der Waals surface area contributed by atoms with Gasteiger partial charge in [0.1, 0.15) is 6.33 Å². The van der Waals surface area contributed by atoms with Gasteiger partial charge in [0.15, 0.2) is 0 Å². The Hall–Kier alpha value is -1.94. The minimum Gasteiger partial charge on any atom is -0.275 e. The number of nitrogens with zero attached hydrogens (tertiary/aromatic N) is 4. The largest absolute Gasteiger partial charge is 0.275 e. The molecule has 0 saturated heterocycles. The second kappa shape index (κ2) is 3.82. The van der Waals surface area contributed by atoms with E-state index in [1.54, 1.807) is 10.9 Å². The minimum absolute atomic E-state index is 0.657. The van der Waals surface area contributed by atoms with Crippen LogP contribution in [0, 0.1) is 0 Å². The van der Waals surface area contributed by atoms with Crippen LogP contribution in [0.1, 0.15) is 0 Å². The predicted molar refractivity (Wildman–Crippen MR) is 66.8 cm³/mol. The van der Waals surface area contributed by atoms with Crippen LogP contribution in [0.3, 0.4) is 0 Å². The van der Waals surface area contributed by atoms with Gasteiger partial charge in [0.2, 0.25) is 0 Å². The molecule has 84 valence electrons. The monoisotopic (exact) mass is 244 g/mol. The van der Waals surface area contributed by atoms with Crippen LogP contribution in [0.2, 0.25) is 5.02 Å². The molecule has 3 aromatic rings. The van der Waals surface area contributed by atoms with E-state index in [9.17, 15) is 0 Å². The van der Waals surface area contributed by atoms with Gasteiger partial charge in [0.25, 0.3) is 0 Å². The summed E-state index contributed by atoms with van der Waals surface area (Å²) in [6, 6.07) is 5.60. The van der Waals surface area contributed by atoms with Gasteiger partial charge in [-0.3, -0.25) is 4.68 Å². The molecule has 0 aliphatic heterocycles. The molecule has 0 atom stereocenters. The molecule has 0 spiro atoms. The molecule has 1 aromatic carbocycles. The highest BCUT2D eigenvalue weighted by Crippen LogP contribution is 2.29. The van der Waals surface area contributed by atoms with Crippen LogP contribution in [-0.4, -0.2) is 19.7 Å². The summed E-state index contributed by atoms with van der Waals surface area (Å²) in [5.41, 5.74) is 2.69. The van der Waals surface area contributed by atoms with Crippen molar-refractivity contribution in [3.8, 4) is 11.3 Å². The molecule has 0 aliphatic carbocycles. The lowest BCUT2D eigenvalue weighted by molar-refractivity contribution is 0.780. The van der Waals surface area contributed by atoms with E-state index < -0.39 is 0 Å². The summed E-state index contributed by atoms with van der Waals surface area (Å²) < 4.78 is 1.77. The lowest BCUT2D eigenvalue weighted by Gasteiger charge is -2.02. The molecule has 3 rings (SSSR count). The number of halogens is 1. The Morgan fingerprint density at radius 1 is 1.29 bits per heavy atom.